The molecule has 20 heavy (non-hydrogen) atoms. The van der Waals surface area contributed by atoms with Gasteiger partial charge in [0, 0.05) is 12.2 Å². The first-order valence-corrected chi connectivity index (χ1v) is 6.27. The lowest BCUT2D eigenvalue weighted by Gasteiger charge is -2.11. The molecule has 1 amide bonds. The summed E-state index contributed by atoms with van der Waals surface area (Å²) in [5.41, 5.74) is 6.02. The van der Waals surface area contributed by atoms with Crippen LogP contribution in [0.1, 0.15) is 12.0 Å². The maximum Gasteiger partial charge on any atom is 0.258 e. The van der Waals surface area contributed by atoms with Crippen molar-refractivity contribution >= 4 is 11.7 Å². The minimum Gasteiger partial charge on any atom is -0.484 e. The Hall–Kier alpha value is -2.28. The summed E-state index contributed by atoms with van der Waals surface area (Å²) in [7, 11) is 0. The zero-order chi connectivity index (χ0) is 14.4. The summed E-state index contributed by atoms with van der Waals surface area (Å²) >= 11 is 0. The maximum absolute atomic E-state index is 11.6. The minimum absolute atomic E-state index is 0.0236. The Bertz CT molecular complexity index is 481. The SMILES string of the molecule is N/C(=N/O)c1ccc(OCC(=O)NC2CCOC2)cc1. The van der Waals surface area contributed by atoms with Crippen LogP contribution in [0, 0.1) is 0 Å². The summed E-state index contributed by atoms with van der Waals surface area (Å²) in [6, 6.07) is 6.67. The van der Waals surface area contributed by atoms with Crippen LogP contribution >= 0.6 is 0 Å². The molecule has 7 heteroatoms. The van der Waals surface area contributed by atoms with E-state index < -0.39 is 0 Å². The highest BCUT2D eigenvalue weighted by atomic mass is 16.5. The first kappa shape index (κ1) is 14.1. The number of oxime groups is 1. The standard InChI is InChI=1S/C13H17N3O4/c14-13(16-18)9-1-3-11(4-2-9)20-8-12(17)15-10-5-6-19-7-10/h1-4,10,18H,5-8H2,(H2,14,16)(H,15,17). The molecule has 0 spiro atoms. The first-order valence-electron chi connectivity index (χ1n) is 6.27. The second-order valence-electron chi connectivity index (χ2n) is 4.43. The van der Waals surface area contributed by atoms with E-state index >= 15 is 0 Å². The van der Waals surface area contributed by atoms with E-state index in [0.29, 0.717) is 24.5 Å². The Morgan fingerprint density at radius 3 is 2.85 bits per heavy atom. The molecule has 108 valence electrons. The van der Waals surface area contributed by atoms with E-state index in [1.165, 1.54) is 0 Å². The van der Waals surface area contributed by atoms with Gasteiger partial charge >= 0.3 is 0 Å². The topological polar surface area (TPSA) is 106 Å². The molecule has 1 unspecified atom stereocenters. The van der Waals surface area contributed by atoms with Crippen LogP contribution in [0.2, 0.25) is 0 Å². The van der Waals surface area contributed by atoms with E-state index in [0.717, 1.165) is 6.42 Å². The van der Waals surface area contributed by atoms with Gasteiger partial charge in [-0.15, -0.1) is 0 Å². The number of carbonyl (C=O) groups excluding carboxylic acids is 1. The van der Waals surface area contributed by atoms with E-state index in [1.807, 2.05) is 0 Å². The number of amidine groups is 1. The zero-order valence-electron chi connectivity index (χ0n) is 10.9. The average molecular weight is 279 g/mol. The fraction of sp³-hybridized carbons (Fsp3) is 0.385. The highest BCUT2D eigenvalue weighted by Crippen LogP contribution is 2.12. The average Bonchev–Trinajstić information content (AvgIpc) is 2.97. The normalized spacial score (nSPS) is 18.8. The van der Waals surface area contributed by atoms with Crippen molar-refractivity contribution in [2.45, 2.75) is 12.5 Å². The molecule has 0 bridgehead atoms. The fourth-order valence-corrected chi connectivity index (χ4v) is 1.85. The van der Waals surface area contributed by atoms with Gasteiger partial charge in [-0.05, 0) is 30.7 Å². The van der Waals surface area contributed by atoms with Gasteiger partial charge in [0.2, 0.25) is 0 Å². The molecule has 1 aromatic carbocycles. The lowest BCUT2D eigenvalue weighted by atomic mass is 10.2. The predicted octanol–water partition coefficient (Wildman–Crippen LogP) is 0.0650. The highest BCUT2D eigenvalue weighted by molar-refractivity contribution is 5.97. The molecule has 0 saturated carbocycles. The molecule has 2 rings (SSSR count). The fourth-order valence-electron chi connectivity index (χ4n) is 1.85. The lowest BCUT2D eigenvalue weighted by molar-refractivity contribution is -0.123. The molecule has 1 atom stereocenters. The number of hydrogen-bond donors (Lipinski definition) is 3. The quantitative estimate of drug-likeness (QED) is 0.306. The van der Waals surface area contributed by atoms with Gasteiger partial charge in [0.05, 0.1) is 12.6 Å². The van der Waals surface area contributed by atoms with Crippen molar-refractivity contribution in [3.8, 4) is 5.75 Å². The van der Waals surface area contributed by atoms with Crippen molar-refractivity contribution < 1.29 is 19.5 Å². The van der Waals surface area contributed by atoms with E-state index in [9.17, 15) is 4.79 Å². The third kappa shape index (κ3) is 3.86. The maximum atomic E-state index is 11.6. The van der Waals surface area contributed by atoms with Gasteiger partial charge in [0.25, 0.3) is 5.91 Å². The van der Waals surface area contributed by atoms with Crippen molar-refractivity contribution in [3.63, 3.8) is 0 Å². The number of nitrogens with zero attached hydrogens (tertiary/aromatic N) is 1. The number of nitrogens with one attached hydrogen (secondary N) is 1. The van der Waals surface area contributed by atoms with Gasteiger partial charge < -0.3 is 25.7 Å². The van der Waals surface area contributed by atoms with Gasteiger partial charge in [-0.1, -0.05) is 5.16 Å². The molecule has 0 aliphatic carbocycles. The Morgan fingerprint density at radius 1 is 1.50 bits per heavy atom. The predicted molar refractivity (Wildman–Crippen MR) is 71.8 cm³/mol. The molecule has 1 aliphatic heterocycles. The van der Waals surface area contributed by atoms with E-state index in [4.69, 9.17) is 20.4 Å². The van der Waals surface area contributed by atoms with Crippen LogP contribution in [-0.4, -0.2) is 42.8 Å². The number of amides is 1. The summed E-state index contributed by atoms with van der Waals surface area (Å²) in [4.78, 5) is 11.6. The monoisotopic (exact) mass is 279 g/mol. The first-order chi connectivity index (χ1) is 9.69. The Balaban J connectivity index is 1.79. The zero-order valence-corrected chi connectivity index (χ0v) is 10.9. The van der Waals surface area contributed by atoms with Gasteiger partial charge in [-0.3, -0.25) is 4.79 Å². The second-order valence-corrected chi connectivity index (χ2v) is 4.43. The van der Waals surface area contributed by atoms with Crippen LogP contribution in [0.3, 0.4) is 0 Å². The summed E-state index contributed by atoms with van der Waals surface area (Å²) in [5, 5.41) is 14.3. The second kappa shape index (κ2) is 6.76. The molecule has 1 heterocycles. The van der Waals surface area contributed by atoms with Crippen molar-refractivity contribution in [2.24, 2.45) is 10.9 Å². The smallest absolute Gasteiger partial charge is 0.258 e. The third-order valence-electron chi connectivity index (χ3n) is 2.92. The summed E-state index contributed by atoms with van der Waals surface area (Å²) < 4.78 is 10.5. The highest BCUT2D eigenvalue weighted by Gasteiger charge is 2.17. The number of hydrogen-bond acceptors (Lipinski definition) is 5. The molecule has 0 aromatic heterocycles. The van der Waals surface area contributed by atoms with E-state index in [2.05, 4.69) is 10.5 Å². The molecule has 4 N–H and O–H groups in total. The van der Waals surface area contributed by atoms with Gasteiger partial charge in [-0.25, -0.2) is 0 Å². The molecule has 1 saturated heterocycles. The van der Waals surface area contributed by atoms with Crippen molar-refractivity contribution in [1.29, 1.82) is 0 Å². The molecular weight excluding hydrogens is 262 g/mol. The molecule has 1 aromatic rings. The summed E-state index contributed by atoms with van der Waals surface area (Å²) in [6.45, 7) is 1.18. The van der Waals surface area contributed by atoms with Crippen LogP contribution in [0.5, 0.6) is 5.75 Å². The Morgan fingerprint density at radius 2 is 2.25 bits per heavy atom. The van der Waals surface area contributed by atoms with Crippen molar-refractivity contribution in [3.05, 3.63) is 29.8 Å². The summed E-state index contributed by atoms with van der Waals surface area (Å²) in [6.07, 6.45) is 0.834. The Kier molecular flexibility index (Phi) is 4.78. The largest absolute Gasteiger partial charge is 0.484 e. The van der Waals surface area contributed by atoms with Crippen LogP contribution in [-0.2, 0) is 9.53 Å². The number of rotatable bonds is 5. The lowest BCUT2D eigenvalue weighted by Crippen LogP contribution is -2.38. The van der Waals surface area contributed by atoms with Gasteiger partial charge in [0.1, 0.15) is 5.75 Å². The molecule has 7 nitrogen and oxygen atoms in total. The summed E-state index contributed by atoms with van der Waals surface area (Å²) in [5.74, 6) is 0.383. The third-order valence-corrected chi connectivity index (χ3v) is 2.92. The van der Waals surface area contributed by atoms with Crippen LogP contribution in [0.4, 0.5) is 0 Å². The number of benzene rings is 1. The molecular formula is C13H17N3O4. The van der Waals surface area contributed by atoms with Crippen molar-refractivity contribution in [2.75, 3.05) is 19.8 Å². The van der Waals surface area contributed by atoms with Gasteiger partial charge in [0.15, 0.2) is 12.4 Å². The molecule has 1 aliphatic rings. The number of ether oxygens (including phenoxy) is 2. The van der Waals surface area contributed by atoms with Crippen LogP contribution in [0.25, 0.3) is 0 Å². The molecule has 1 fully saturated rings. The van der Waals surface area contributed by atoms with E-state index in [-0.39, 0.29) is 24.4 Å². The van der Waals surface area contributed by atoms with Crippen LogP contribution < -0.4 is 15.8 Å². The Labute approximate surface area is 116 Å². The molecule has 0 radical (unpaired) electrons. The van der Waals surface area contributed by atoms with E-state index in [1.54, 1.807) is 24.3 Å². The van der Waals surface area contributed by atoms with Crippen LogP contribution in [0.15, 0.2) is 29.4 Å². The van der Waals surface area contributed by atoms with Gasteiger partial charge in [-0.2, -0.15) is 0 Å². The minimum atomic E-state index is -0.180. The van der Waals surface area contributed by atoms with Crippen molar-refractivity contribution in [1.82, 2.24) is 5.32 Å². The number of carbonyl (C=O) groups is 1. The number of nitrogens with two attached hydrogens (primary N) is 1.